The molecule has 0 aliphatic heterocycles. The average molecular weight is 293 g/mol. The normalized spacial score (nSPS) is 25.6. The van der Waals surface area contributed by atoms with Gasteiger partial charge < -0.3 is 10.4 Å². The third kappa shape index (κ3) is 5.12. The minimum atomic E-state index is -0.738. The molecule has 0 radical (unpaired) electrons. The number of nitrogens with one attached hydrogen (secondary N) is 1. The second kappa shape index (κ2) is 7.03. The first-order valence-corrected chi connectivity index (χ1v) is 7.70. The summed E-state index contributed by atoms with van der Waals surface area (Å²) in [5.41, 5.74) is 0.203. The number of rotatable bonds is 5. The number of halogens is 1. The fourth-order valence-corrected chi connectivity index (χ4v) is 2.74. The monoisotopic (exact) mass is 293 g/mol. The maximum absolute atomic E-state index is 12.8. The molecule has 1 aliphatic carbocycles. The standard InChI is InChI=1S/C17H24FNO2/c1-13-8-10-17(21,11-9-13)12-19-16(20)7-4-14-2-5-15(18)6-3-14/h2-3,5-6,13,21H,4,7-12H2,1H3,(H,19,20). The number of carbonyl (C=O) groups excluding carboxylic acids is 1. The first kappa shape index (κ1) is 16.0. The molecule has 4 heteroatoms. The molecule has 1 fully saturated rings. The number of aryl methyl sites for hydroxylation is 1. The van der Waals surface area contributed by atoms with Crippen LogP contribution in [0.3, 0.4) is 0 Å². The SMILES string of the molecule is CC1CCC(O)(CNC(=O)CCc2ccc(F)cc2)CC1. The van der Waals surface area contributed by atoms with Crippen LogP contribution < -0.4 is 5.32 Å². The Bertz CT molecular complexity index is 464. The molecule has 0 spiro atoms. The van der Waals surface area contributed by atoms with Crippen LogP contribution in [0.1, 0.15) is 44.6 Å². The summed E-state index contributed by atoms with van der Waals surface area (Å²) in [5, 5.41) is 13.2. The van der Waals surface area contributed by atoms with Crippen molar-refractivity contribution < 1.29 is 14.3 Å². The molecule has 1 saturated carbocycles. The van der Waals surface area contributed by atoms with E-state index < -0.39 is 5.60 Å². The van der Waals surface area contributed by atoms with Gasteiger partial charge >= 0.3 is 0 Å². The predicted molar refractivity (Wildman–Crippen MR) is 80.3 cm³/mol. The van der Waals surface area contributed by atoms with Gasteiger partial charge in [0.05, 0.1) is 5.60 Å². The summed E-state index contributed by atoms with van der Waals surface area (Å²) in [6, 6.07) is 6.19. The smallest absolute Gasteiger partial charge is 0.220 e. The lowest BCUT2D eigenvalue weighted by Gasteiger charge is -2.34. The van der Waals surface area contributed by atoms with Gasteiger partial charge in [-0.15, -0.1) is 0 Å². The number of amides is 1. The van der Waals surface area contributed by atoms with Crippen molar-refractivity contribution in [1.82, 2.24) is 5.32 Å². The lowest BCUT2D eigenvalue weighted by atomic mass is 9.79. The van der Waals surface area contributed by atoms with Crippen molar-refractivity contribution in [3.63, 3.8) is 0 Å². The van der Waals surface area contributed by atoms with E-state index >= 15 is 0 Å². The third-order valence-electron chi connectivity index (χ3n) is 4.37. The van der Waals surface area contributed by atoms with Gasteiger partial charge in [-0.3, -0.25) is 4.79 Å². The Balaban J connectivity index is 1.71. The summed E-state index contributed by atoms with van der Waals surface area (Å²) in [5.74, 6) is 0.336. The maximum Gasteiger partial charge on any atom is 0.220 e. The van der Waals surface area contributed by atoms with E-state index in [9.17, 15) is 14.3 Å². The molecule has 1 aromatic carbocycles. The fraction of sp³-hybridized carbons (Fsp3) is 0.588. The van der Waals surface area contributed by atoms with Crippen LogP contribution in [0.5, 0.6) is 0 Å². The fourth-order valence-electron chi connectivity index (χ4n) is 2.74. The quantitative estimate of drug-likeness (QED) is 0.877. The highest BCUT2D eigenvalue weighted by Crippen LogP contribution is 2.31. The van der Waals surface area contributed by atoms with E-state index in [0.717, 1.165) is 31.2 Å². The molecule has 2 rings (SSSR count). The Hall–Kier alpha value is -1.42. The summed E-state index contributed by atoms with van der Waals surface area (Å²) in [4.78, 5) is 11.8. The molecule has 1 aromatic rings. The molecule has 2 N–H and O–H groups in total. The Labute approximate surface area is 125 Å². The zero-order valence-corrected chi connectivity index (χ0v) is 12.6. The van der Waals surface area contributed by atoms with Crippen LogP contribution in [-0.4, -0.2) is 23.2 Å². The molecule has 0 atom stereocenters. The predicted octanol–water partition coefficient (Wildman–Crippen LogP) is 2.82. The van der Waals surface area contributed by atoms with Gasteiger partial charge in [-0.1, -0.05) is 19.1 Å². The Morgan fingerprint density at radius 2 is 1.95 bits per heavy atom. The summed E-state index contributed by atoms with van der Waals surface area (Å²) in [6.07, 6.45) is 4.49. The average Bonchev–Trinajstić information content (AvgIpc) is 2.48. The van der Waals surface area contributed by atoms with Gasteiger partial charge in [0.2, 0.25) is 5.91 Å². The van der Waals surface area contributed by atoms with E-state index in [0.29, 0.717) is 25.3 Å². The summed E-state index contributed by atoms with van der Waals surface area (Å²) in [6.45, 7) is 2.53. The van der Waals surface area contributed by atoms with Crippen molar-refractivity contribution >= 4 is 5.91 Å². The van der Waals surface area contributed by atoms with E-state index in [1.807, 2.05) is 0 Å². The van der Waals surface area contributed by atoms with Gasteiger partial charge in [0, 0.05) is 13.0 Å². The van der Waals surface area contributed by atoms with Gasteiger partial charge in [-0.2, -0.15) is 0 Å². The minimum Gasteiger partial charge on any atom is -0.388 e. The molecule has 1 amide bonds. The van der Waals surface area contributed by atoms with E-state index in [-0.39, 0.29) is 11.7 Å². The number of hydrogen-bond donors (Lipinski definition) is 2. The number of carbonyl (C=O) groups is 1. The van der Waals surface area contributed by atoms with E-state index in [1.165, 1.54) is 12.1 Å². The van der Waals surface area contributed by atoms with Crippen molar-refractivity contribution in [2.75, 3.05) is 6.54 Å². The van der Waals surface area contributed by atoms with Crippen molar-refractivity contribution in [2.24, 2.45) is 5.92 Å². The van der Waals surface area contributed by atoms with Gasteiger partial charge in [0.25, 0.3) is 0 Å². The Morgan fingerprint density at radius 3 is 2.57 bits per heavy atom. The van der Waals surface area contributed by atoms with Gasteiger partial charge in [0.15, 0.2) is 0 Å². The summed E-state index contributed by atoms with van der Waals surface area (Å²) in [7, 11) is 0. The van der Waals surface area contributed by atoms with Crippen LogP contribution in [0.4, 0.5) is 4.39 Å². The topological polar surface area (TPSA) is 49.3 Å². The molecule has 0 heterocycles. The molecule has 0 aromatic heterocycles. The van der Waals surface area contributed by atoms with Crippen LogP contribution >= 0.6 is 0 Å². The van der Waals surface area contributed by atoms with E-state index in [4.69, 9.17) is 0 Å². The Kier molecular flexibility index (Phi) is 5.34. The van der Waals surface area contributed by atoms with Crippen molar-refractivity contribution in [1.29, 1.82) is 0 Å². The first-order valence-electron chi connectivity index (χ1n) is 7.70. The molecular weight excluding hydrogens is 269 g/mol. The third-order valence-corrected chi connectivity index (χ3v) is 4.37. The number of benzene rings is 1. The second-order valence-electron chi connectivity index (χ2n) is 6.31. The zero-order valence-electron chi connectivity index (χ0n) is 12.6. The maximum atomic E-state index is 12.8. The molecule has 1 aliphatic rings. The van der Waals surface area contributed by atoms with Crippen LogP contribution in [0.15, 0.2) is 24.3 Å². The number of aliphatic hydroxyl groups is 1. The van der Waals surface area contributed by atoms with E-state index in [2.05, 4.69) is 12.2 Å². The highest BCUT2D eigenvalue weighted by atomic mass is 19.1. The zero-order chi connectivity index (χ0) is 15.3. The van der Waals surface area contributed by atoms with Crippen LogP contribution in [0.2, 0.25) is 0 Å². The van der Waals surface area contributed by atoms with Gasteiger partial charge in [-0.05, 0) is 55.7 Å². The van der Waals surface area contributed by atoms with Crippen molar-refractivity contribution in [3.8, 4) is 0 Å². The first-order chi connectivity index (χ1) is 9.97. The molecular formula is C17H24FNO2. The minimum absolute atomic E-state index is 0.0635. The van der Waals surface area contributed by atoms with Gasteiger partial charge in [0.1, 0.15) is 5.82 Å². The molecule has 0 saturated heterocycles. The molecule has 3 nitrogen and oxygen atoms in total. The van der Waals surface area contributed by atoms with E-state index in [1.54, 1.807) is 12.1 Å². The van der Waals surface area contributed by atoms with Gasteiger partial charge in [-0.25, -0.2) is 4.39 Å². The molecule has 0 unspecified atom stereocenters. The summed E-state index contributed by atoms with van der Waals surface area (Å²) < 4.78 is 12.8. The molecule has 21 heavy (non-hydrogen) atoms. The lowest BCUT2D eigenvalue weighted by molar-refractivity contribution is -0.122. The van der Waals surface area contributed by atoms with Crippen molar-refractivity contribution in [3.05, 3.63) is 35.6 Å². The molecule has 0 bridgehead atoms. The van der Waals surface area contributed by atoms with Crippen LogP contribution in [0.25, 0.3) is 0 Å². The number of hydrogen-bond acceptors (Lipinski definition) is 2. The van der Waals surface area contributed by atoms with Crippen LogP contribution in [-0.2, 0) is 11.2 Å². The lowest BCUT2D eigenvalue weighted by Crippen LogP contribution is -2.45. The highest BCUT2D eigenvalue weighted by Gasteiger charge is 2.31. The van der Waals surface area contributed by atoms with Crippen molar-refractivity contribution in [2.45, 2.75) is 51.0 Å². The largest absolute Gasteiger partial charge is 0.388 e. The highest BCUT2D eigenvalue weighted by molar-refractivity contribution is 5.76. The Morgan fingerprint density at radius 1 is 1.33 bits per heavy atom. The second-order valence-corrected chi connectivity index (χ2v) is 6.31. The van der Waals surface area contributed by atoms with Crippen LogP contribution in [0, 0.1) is 11.7 Å². The molecule has 116 valence electrons. The summed E-state index contributed by atoms with van der Waals surface area (Å²) >= 11 is 0.